The molecule has 1 aromatic heterocycles. The van der Waals surface area contributed by atoms with E-state index in [1.54, 1.807) is 49.6 Å². The third-order valence-electron chi connectivity index (χ3n) is 6.64. The summed E-state index contributed by atoms with van der Waals surface area (Å²) in [6, 6.07) is 17.6. The fourth-order valence-electron chi connectivity index (χ4n) is 4.89. The van der Waals surface area contributed by atoms with Crippen molar-refractivity contribution >= 4 is 28.7 Å². The minimum Gasteiger partial charge on any atom is -0.493 e. The molecule has 0 spiro atoms. The molecule has 1 atom stereocenters. The average Bonchev–Trinajstić information content (AvgIpc) is 3.22. The summed E-state index contributed by atoms with van der Waals surface area (Å²) in [5, 5.41) is 0.830. The number of carbonyl (C=O) groups excluding carboxylic acids is 2. The standard InChI is InChI=1S/C29H21NO7/c1-34-21-9-7-15(11-23(21)35-2)12-24-27(32)17-8-10-22-26(28(17)37-24)18(14-25(31)36-22)19-13-16-5-3-4-6-20(16)30-29(19)33/h3-13,18H,14H2,1-2H3,(H,30,33)/b24-12-/t18-/m0/s1. The maximum atomic E-state index is 13.3. The van der Waals surface area contributed by atoms with E-state index in [9.17, 15) is 14.4 Å². The van der Waals surface area contributed by atoms with Crippen molar-refractivity contribution in [2.24, 2.45) is 0 Å². The molecule has 3 aromatic carbocycles. The Bertz CT molecular complexity index is 1700. The number of Topliss-reactive ketones (excluding diaryl/α,β-unsaturated/α-hetero) is 1. The number of carbonyl (C=O) groups is 2. The summed E-state index contributed by atoms with van der Waals surface area (Å²) >= 11 is 0. The third-order valence-corrected chi connectivity index (χ3v) is 6.64. The van der Waals surface area contributed by atoms with Crippen molar-refractivity contribution < 1.29 is 28.5 Å². The Balaban J connectivity index is 1.46. The van der Waals surface area contributed by atoms with Crippen LogP contribution in [0.15, 0.2) is 71.2 Å². The van der Waals surface area contributed by atoms with Gasteiger partial charge in [0.15, 0.2) is 17.3 Å². The number of methoxy groups -OCH3 is 2. The van der Waals surface area contributed by atoms with Gasteiger partial charge in [0.1, 0.15) is 11.5 Å². The van der Waals surface area contributed by atoms with Crippen molar-refractivity contribution in [3.8, 4) is 23.0 Å². The molecule has 0 radical (unpaired) electrons. The van der Waals surface area contributed by atoms with Crippen molar-refractivity contribution in [2.45, 2.75) is 12.3 Å². The number of ketones is 1. The number of fused-ring (bicyclic) bond motifs is 4. The highest BCUT2D eigenvalue weighted by Gasteiger charge is 2.39. The molecule has 8 heteroatoms. The Morgan fingerprint density at radius 3 is 2.54 bits per heavy atom. The number of esters is 1. The molecule has 2 aliphatic heterocycles. The van der Waals surface area contributed by atoms with Gasteiger partial charge in [0.2, 0.25) is 5.78 Å². The van der Waals surface area contributed by atoms with Crippen LogP contribution in [0.2, 0.25) is 0 Å². The molecule has 0 unspecified atom stereocenters. The molecule has 2 aliphatic rings. The second-order valence-electron chi connectivity index (χ2n) is 8.78. The summed E-state index contributed by atoms with van der Waals surface area (Å²) in [5.74, 6) is 0.329. The van der Waals surface area contributed by atoms with E-state index in [1.807, 2.05) is 24.3 Å². The zero-order chi connectivity index (χ0) is 25.7. The van der Waals surface area contributed by atoms with E-state index in [0.29, 0.717) is 45.0 Å². The quantitative estimate of drug-likeness (QED) is 0.251. The summed E-state index contributed by atoms with van der Waals surface area (Å²) in [5.41, 5.74) is 2.30. The lowest BCUT2D eigenvalue weighted by atomic mass is 9.85. The van der Waals surface area contributed by atoms with Crippen molar-refractivity contribution in [1.82, 2.24) is 4.98 Å². The van der Waals surface area contributed by atoms with Crippen molar-refractivity contribution in [3.05, 3.63) is 99.0 Å². The Morgan fingerprint density at radius 2 is 1.73 bits per heavy atom. The van der Waals surface area contributed by atoms with Crippen LogP contribution in [0.4, 0.5) is 0 Å². The number of nitrogens with one attached hydrogen (secondary N) is 1. The number of aromatic nitrogens is 1. The number of benzene rings is 3. The van der Waals surface area contributed by atoms with E-state index < -0.39 is 11.9 Å². The Labute approximate surface area is 211 Å². The molecule has 184 valence electrons. The lowest BCUT2D eigenvalue weighted by Crippen LogP contribution is -2.26. The zero-order valence-corrected chi connectivity index (χ0v) is 20.0. The van der Waals surface area contributed by atoms with E-state index in [1.165, 1.54) is 7.11 Å². The maximum absolute atomic E-state index is 13.3. The summed E-state index contributed by atoms with van der Waals surface area (Å²) in [6.07, 6.45) is 1.56. The van der Waals surface area contributed by atoms with Gasteiger partial charge in [0.25, 0.3) is 5.56 Å². The van der Waals surface area contributed by atoms with Gasteiger partial charge in [0.05, 0.1) is 26.2 Å². The number of rotatable bonds is 4. The molecule has 0 bridgehead atoms. The number of ether oxygens (including phenoxy) is 4. The van der Waals surface area contributed by atoms with Crippen LogP contribution >= 0.6 is 0 Å². The predicted octanol–water partition coefficient (Wildman–Crippen LogP) is 4.60. The van der Waals surface area contributed by atoms with Gasteiger partial charge in [-0.25, -0.2) is 0 Å². The van der Waals surface area contributed by atoms with Gasteiger partial charge in [-0.2, -0.15) is 0 Å². The number of hydrogen-bond donors (Lipinski definition) is 1. The molecule has 0 saturated carbocycles. The summed E-state index contributed by atoms with van der Waals surface area (Å²) < 4.78 is 22.2. The second-order valence-corrected chi connectivity index (χ2v) is 8.78. The topological polar surface area (TPSA) is 104 Å². The van der Waals surface area contributed by atoms with Gasteiger partial charge in [-0.1, -0.05) is 24.3 Å². The number of pyridine rings is 1. The van der Waals surface area contributed by atoms with Crippen LogP contribution in [0.5, 0.6) is 23.0 Å². The average molecular weight is 495 g/mol. The van der Waals surface area contributed by atoms with E-state index in [2.05, 4.69) is 4.98 Å². The predicted molar refractivity (Wildman–Crippen MR) is 136 cm³/mol. The van der Waals surface area contributed by atoms with Crippen molar-refractivity contribution in [3.63, 3.8) is 0 Å². The highest BCUT2D eigenvalue weighted by molar-refractivity contribution is 6.15. The smallest absolute Gasteiger partial charge is 0.312 e. The molecule has 0 aliphatic carbocycles. The molecule has 3 heterocycles. The molecule has 0 amide bonds. The lowest BCUT2D eigenvalue weighted by molar-refractivity contribution is -0.135. The van der Waals surface area contributed by atoms with E-state index >= 15 is 0 Å². The Kier molecular flexibility index (Phi) is 5.30. The van der Waals surface area contributed by atoms with Gasteiger partial charge < -0.3 is 23.9 Å². The summed E-state index contributed by atoms with van der Waals surface area (Å²) in [7, 11) is 3.08. The fraction of sp³-hybridized carbons (Fsp3) is 0.138. The first-order valence-electron chi connectivity index (χ1n) is 11.6. The van der Waals surface area contributed by atoms with Crippen molar-refractivity contribution in [1.29, 1.82) is 0 Å². The molecule has 8 nitrogen and oxygen atoms in total. The summed E-state index contributed by atoms with van der Waals surface area (Å²) in [6.45, 7) is 0. The molecule has 1 N–H and O–H groups in total. The molecule has 0 saturated heterocycles. The minimum atomic E-state index is -0.646. The van der Waals surface area contributed by atoms with Crippen LogP contribution in [0.3, 0.4) is 0 Å². The van der Waals surface area contributed by atoms with Gasteiger partial charge in [-0.3, -0.25) is 14.4 Å². The van der Waals surface area contributed by atoms with Crippen LogP contribution < -0.4 is 24.5 Å². The van der Waals surface area contributed by atoms with E-state index in [-0.39, 0.29) is 29.3 Å². The van der Waals surface area contributed by atoms with Gasteiger partial charge >= 0.3 is 5.97 Å². The van der Waals surface area contributed by atoms with Crippen LogP contribution in [-0.4, -0.2) is 31.0 Å². The molecule has 0 fully saturated rings. The summed E-state index contributed by atoms with van der Waals surface area (Å²) in [4.78, 5) is 41.8. The Morgan fingerprint density at radius 1 is 0.919 bits per heavy atom. The van der Waals surface area contributed by atoms with Crippen molar-refractivity contribution in [2.75, 3.05) is 14.2 Å². The second kappa shape index (κ2) is 8.67. The maximum Gasteiger partial charge on any atom is 0.312 e. The molecular formula is C29H21NO7. The molecule has 37 heavy (non-hydrogen) atoms. The largest absolute Gasteiger partial charge is 0.493 e. The van der Waals surface area contributed by atoms with E-state index in [4.69, 9.17) is 18.9 Å². The molecule has 4 aromatic rings. The highest BCUT2D eigenvalue weighted by Crippen LogP contribution is 2.48. The number of H-pyrrole nitrogens is 1. The number of para-hydroxylation sites is 1. The first-order valence-corrected chi connectivity index (χ1v) is 11.6. The highest BCUT2D eigenvalue weighted by atomic mass is 16.5. The van der Waals surface area contributed by atoms with Gasteiger partial charge in [-0.05, 0) is 53.4 Å². The van der Waals surface area contributed by atoms with Gasteiger partial charge in [-0.15, -0.1) is 0 Å². The minimum absolute atomic E-state index is 0.0584. The Hall–Kier alpha value is -4.85. The number of aromatic amines is 1. The van der Waals surface area contributed by atoms with Crippen LogP contribution in [0, 0.1) is 0 Å². The first kappa shape index (κ1) is 22.6. The third kappa shape index (κ3) is 3.74. The van der Waals surface area contributed by atoms with Crippen LogP contribution in [0.25, 0.3) is 17.0 Å². The van der Waals surface area contributed by atoms with Gasteiger partial charge in [0, 0.05) is 22.6 Å². The monoisotopic (exact) mass is 495 g/mol. The zero-order valence-electron chi connectivity index (χ0n) is 20.0. The molecule has 6 rings (SSSR count). The lowest BCUT2D eigenvalue weighted by Gasteiger charge is -2.26. The molecular weight excluding hydrogens is 474 g/mol. The first-order chi connectivity index (χ1) is 18.0. The normalized spacial score (nSPS) is 17.2. The van der Waals surface area contributed by atoms with E-state index in [0.717, 1.165) is 5.39 Å². The van der Waals surface area contributed by atoms with Crippen LogP contribution in [0.1, 0.15) is 39.4 Å². The number of hydrogen-bond acceptors (Lipinski definition) is 7. The fourth-order valence-corrected chi connectivity index (χ4v) is 4.89. The van der Waals surface area contributed by atoms with Crippen LogP contribution in [-0.2, 0) is 4.79 Å². The number of allylic oxidation sites excluding steroid dienone is 1. The SMILES string of the molecule is COc1ccc(/C=C2\Oc3c(ccc4c3[C@H](c3cc5ccccc5[nH]c3=O)CC(=O)O4)C2=O)cc1OC.